The van der Waals surface area contributed by atoms with Crippen LogP contribution in [0.25, 0.3) is 0 Å². The molecule has 1 saturated carbocycles. The highest BCUT2D eigenvalue weighted by atomic mass is 35.5. The summed E-state index contributed by atoms with van der Waals surface area (Å²) in [5.74, 6) is 0.345. The third kappa shape index (κ3) is 6.65. The van der Waals surface area contributed by atoms with E-state index in [-0.39, 0.29) is 25.0 Å². The Labute approximate surface area is 212 Å². The molecule has 0 bridgehead atoms. The summed E-state index contributed by atoms with van der Waals surface area (Å²) in [4.78, 5) is 32.5. The van der Waals surface area contributed by atoms with E-state index in [0.29, 0.717) is 28.4 Å². The van der Waals surface area contributed by atoms with E-state index in [2.05, 4.69) is 4.90 Å². The standard InChI is InChI=1S/C25H38ClN3O4S/c1-32-17-21-25(31)28(14-15-29(21)23(30)18-33-24-11-10-22(26)34-24)16-19-6-8-20(9-7-19)27-12-4-2-3-5-13-27/h10-11,19-21H,2-9,12-18H2,1H3/t19-,20-,21-/m0/s1. The summed E-state index contributed by atoms with van der Waals surface area (Å²) < 4.78 is 11.5. The van der Waals surface area contributed by atoms with Crippen molar-refractivity contribution >= 4 is 34.8 Å². The molecule has 3 aliphatic rings. The highest BCUT2D eigenvalue weighted by Crippen LogP contribution is 2.31. The third-order valence-electron chi connectivity index (χ3n) is 7.57. The topological polar surface area (TPSA) is 62.3 Å². The number of ether oxygens (including phenoxy) is 2. The maximum atomic E-state index is 13.3. The van der Waals surface area contributed by atoms with Gasteiger partial charge in [-0.3, -0.25) is 9.59 Å². The number of hydrogen-bond acceptors (Lipinski definition) is 6. The van der Waals surface area contributed by atoms with Crippen molar-refractivity contribution in [3.63, 3.8) is 0 Å². The number of likely N-dealkylation sites (tertiary alicyclic amines) is 1. The zero-order chi connectivity index (χ0) is 23.9. The Kier molecular flexibility index (Phi) is 9.51. The van der Waals surface area contributed by atoms with Crippen LogP contribution in [0.1, 0.15) is 51.4 Å². The fraction of sp³-hybridized carbons (Fsp3) is 0.760. The normalized spacial score (nSPS) is 27.0. The number of nitrogens with zero attached hydrogens (tertiary/aromatic N) is 3. The molecule has 9 heteroatoms. The molecule has 0 N–H and O–H groups in total. The molecule has 4 rings (SSSR count). The second kappa shape index (κ2) is 12.6. The molecule has 34 heavy (non-hydrogen) atoms. The molecular weight excluding hydrogens is 474 g/mol. The Hall–Kier alpha value is -1.35. The van der Waals surface area contributed by atoms with Gasteiger partial charge in [0.15, 0.2) is 11.7 Å². The van der Waals surface area contributed by atoms with Gasteiger partial charge in [-0.25, -0.2) is 0 Å². The number of rotatable bonds is 8. The highest BCUT2D eigenvalue weighted by Gasteiger charge is 2.39. The number of carbonyl (C=O) groups excluding carboxylic acids is 2. The third-order valence-corrected chi connectivity index (χ3v) is 8.71. The second-order valence-electron chi connectivity index (χ2n) is 9.81. The first-order valence-electron chi connectivity index (χ1n) is 12.7. The van der Waals surface area contributed by atoms with E-state index in [9.17, 15) is 9.59 Å². The zero-order valence-electron chi connectivity index (χ0n) is 20.3. The average Bonchev–Trinajstić information content (AvgIpc) is 3.08. The molecule has 2 saturated heterocycles. The number of piperazine rings is 1. The van der Waals surface area contributed by atoms with E-state index in [1.54, 1.807) is 24.1 Å². The first-order valence-corrected chi connectivity index (χ1v) is 13.9. The summed E-state index contributed by atoms with van der Waals surface area (Å²) in [6.07, 6.45) is 10.3. The van der Waals surface area contributed by atoms with Gasteiger partial charge < -0.3 is 24.2 Å². The van der Waals surface area contributed by atoms with E-state index in [1.807, 2.05) is 4.90 Å². The lowest BCUT2D eigenvalue weighted by Crippen LogP contribution is -2.61. The van der Waals surface area contributed by atoms with E-state index in [0.717, 1.165) is 12.6 Å². The van der Waals surface area contributed by atoms with Crippen molar-refractivity contribution in [1.82, 2.24) is 14.7 Å². The average molecular weight is 512 g/mol. The van der Waals surface area contributed by atoms with Gasteiger partial charge in [0.25, 0.3) is 5.91 Å². The van der Waals surface area contributed by atoms with Crippen LogP contribution in [-0.4, -0.2) is 91.6 Å². The molecule has 3 fully saturated rings. The Morgan fingerprint density at radius 2 is 1.79 bits per heavy atom. The van der Waals surface area contributed by atoms with Crippen molar-refractivity contribution in [3.05, 3.63) is 16.5 Å². The predicted molar refractivity (Wildman–Crippen MR) is 135 cm³/mol. The highest BCUT2D eigenvalue weighted by molar-refractivity contribution is 7.17. The van der Waals surface area contributed by atoms with Gasteiger partial charge in [-0.1, -0.05) is 35.8 Å². The van der Waals surface area contributed by atoms with Crippen molar-refractivity contribution < 1.29 is 19.1 Å². The molecule has 1 aromatic rings. The van der Waals surface area contributed by atoms with Crippen LogP contribution in [0, 0.1) is 5.92 Å². The van der Waals surface area contributed by atoms with E-state index < -0.39 is 6.04 Å². The lowest BCUT2D eigenvalue weighted by Gasteiger charge is -2.43. The van der Waals surface area contributed by atoms with E-state index >= 15 is 0 Å². The Morgan fingerprint density at radius 3 is 2.44 bits per heavy atom. The maximum Gasteiger partial charge on any atom is 0.261 e. The van der Waals surface area contributed by atoms with Gasteiger partial charge in [0.1, 0.15) is 6.04 Å². The molecule has 1 atom stereocenters. The minimum atomic E-state index is -0.588. The summed E-state index contributed by atoms with van der Waals surface area (Å²) in [7, 11) is 1.57. The van der Waals surface area contributed by atoms with Crippen molar-refractivity contribution in [1.29, 1.82) is 0 Å². The van der Waals surface area contributed by atoms with Crippen LogP contribution >= 0.6 is 22.9 Å². The lowest BCUT2D eigenvalue weighted by molar-refractivity contribution is -0.155. The Morgan fingerprint density at radius 1 is 1.06 bits per heavy atom. The van der Waals surface area contributed by atoms with Crippen LogP contribution in [-0.2, 0) is 14.3 Å². The van der Waals surface area contributed by atoms with Gasteiger partial charge in [0, 0.05) is 32.8 Å². The summed E-state index contributed by atoms with van der Waals surface area (Å²) in [5, 5.41) is 0.599. The van der Waals surface area contributed by atoms with Crippen LogP contribution in [0.4, 0.5) is 0 Å². The fourth-order valence-corrected chi connectivity index (χ4v) is 6.57. The Bertz CT molecular complexity index is 806. The summed E-state index contributed by atoms with van der Waals surface area (Å²) in [6, 6.07) is 3.62. The molecule has 190 valence electrons. The molecule has 0 spiro atoms. The summed E-state index contributed by atoms with van der Waals surface area (Å²) >= 11 is 7.22. The van der Waals surface area contributed by atoms with Gasteiger partial charge in [0.05, 0.1) is 10.9 Å². The van der Waals surface area contributed by atoms with Crippen molar-refractivity contribution in [2.24, 2.45) is 5.92 Å². The molecule has 0 aromatic carbocycles. The van der Waals surface area contributed by atoms with Crippen LogP contribution in [0.2, 0.25) is 4.34 Å². The quantitative estimate of drug-likeness (QED) is 0.529. The smallest absolute Gasteiger partial charge is 0.261 e. The maximum absolute atomic E-state index is 13.3. The molecular formula is C25H38ClN3O4S. The number of carbonyl (C=O) groups is 2. The lowest BCUT2D eigenvalue weighted by atomic mass is 9.84. The first-order chi connectivity index (χ1) is 16.5. The van der Waals surface area contributed by atoms with Crippen LogP contribution in [0.5, 0.6) is 5.06 Å². The van der Waals surface area contributed by atoms with Gasteiger partial charge >= 0.3 is 0 Å². The molecule has 1 aromatic heterocycles. The molecule has 7 nitrogen and oxygen atoms in total. The molecule has 1 aliphatic carbocycles. The molecule has 0 unspecified atom stereocenters. The van der Waals surface area contributed by atoms with Crippen LogP contribution in [0.3, 0.4) is 0 Å². The molecule has 3 heterocycles. The van der Waals surface area contributed by atoms with Crippen LogP contribution in [0.15, 0.2) is 12.1 Å². The summed E-state index contributed by atoms with van der Waals surface area (Å²) in [5.41, 5.74) is 0. The van der Waals surface area contributed by atoms with Gasteiger partial charge in [-0.05, 0) is 69.7 Å². The van der Waals surface area contributed by atoms with Gasteiger partial charge in [-0.2, -0.15) is 0 Å². The molecule has 2 amide bonds. The van der Waals surface area contributed by atoms with Gasteiger partial charge in [-0.15, -0.1) is 0 Å². The predicted octanol–water partition coefficient (Wildman–Crippen LogP) is 3.90. The van der Waals surface area contributed by atoms with Crippen molar-refractivity contribution in [3.8, 4) is 5.06 Å². The summed E-state index contributed by atoms with van der Waals surface area (Å²) in [6.45, 7) is 4.48. The second-order valence-corrected chi connectivity index (χ2v) is 11.5. The zero-order valence-corrected chi connectivity index (χ0v) is 21.8. The SMILES string of the molecule is COC[C@H]1C(=O)N(C[C@H]2CC[C@H](N3CCCCCC3)CC2)CCN1C(=O)COc1ccc(Cl)s1. The number of hydrogen-bond donors (Lipinski definition) is 0. The number of amides is 2. The molecule has 0 radical (unpaired) electrons. The van der Waals surface area contributed by atoms with Crippen molar-refractivity contribution in [2.45, 2.75) is 63.5 Å². The largest absolute Gasteiger partial charge is 0.474 e. The van der Waals surface area contributed by atoms with Crippen LogP contribution < -0.4 is 4.74 Å². The van der Waals surface area contributed by atoms with Gasteiger partial charge in [0.2, 0.25) is 5.91 Å². The van der Waals surface area contributed by atoms with Crippen molar-refractivity contribution in [2.75, 3.05) is 53.0 Å². The number of thiophene rings is 1. The fourth-order valence-electron chi connectivity index (χ4n) is 5.69. The Balaban J connectivity index is 1.27. The minimum absolute atomic E-state index is 0.00439. The van der Waals surface area contributed by atoms with E-state index in [1.165, 1.54) is 75.8 Å². The number of halogens is 1. The van der Waals surface area contributed by atoms with E-state index in [4.69, 9.17) is 21.1 Å². The minimum Gasteiger partial charge on any atom is -0.474 e. The number of methoxy groups -OCH3 is 1. The first kappa shape index (κ1) is 25.7. The molecule has 2 aliphatic heterocycles. The monoisotopic (exact) mass is 511 g/mol.